The SMILES string of the molecule is CC(C(=O)O)c1nc(F)ccc1Cl. The summed E-state index contributed by atoms with van der Waals surface area (Å²) >= 11 is 5.64. The summed E-state index contributed by atoms with van der Waals surface area (Å²) in [5, 5.41) is 8.79. The molecule has 1 N–H and O–H groups in total. The number of aliphatic carboxylic acids is 1. The van der Waals surface area contributed by atoms with Gasteiger partial charge in [-0.15, -0.1) is 0 Å². The van der Waals surface area contributed by atoms with Crippen LogP contribution in [0.4, 0.5) is 4.39 Å². The first kappa shape index (κ1) is 9.92. The molecule has 0 saturated carbocycles. The number of carbonyl (C=O) groups is 1. The van der Waals surface area contributed by atoms with Gasteiger partial charge in [0.1, 0.15) is 0 Å². The van der Waals surface area contributed by atoms with Crippen LogP contribution in [-0.2, 0) is 4.79 Å². The number of aromatic nitrogens is 1. The van der Waals surface area contributed by atoms with E-state index in [1.165, 1.54) is 13.0 Å². The molecule has 0 saturated heterocycles. The molecule has 70 valence electrons. The van der Waals surface area contributed by atoms with Crippen molar-refractivity contribution in [2.24, 2.45) is 0 Å². The summed E-state index contributed by atoms with van der Waals surface area (Å²) in [5.41, 5.74) is 0.0502. The molecule has 5 heteroatoms. The van der Waals surface area contributed by atoms with E-state index < -0.39 is 17.8 Å². The minimum absolute atomic E-state index is 0.0502. The maximum Gasteiger partial charge on any atom is 0.312 e. The Hall–Kier alpha value is -1.16. The van der Waals surface area contributed by atoms with Crippen LogP contribution in [0.1, 0.15) is 18.5 Å². The van der Waals surface area contributed by atoms with Gasteiger partial charge in [0.05, 0.1) is 16.6 Å². The summed E-state index contributed by atoms with van der Waals surface area (Å²) in [6.45, 7) is 1.40. The van der Waals surface area contributed by atoms with E-state index in [0.717, 1.165) is 6.07 Å². The van der Waals surface area contributed by atoms with Crippen LogP contribution in [0.2, 0.25) is 5.02 Å². The lowest BCUT2D eigenvalue weighted by Crippen LogP contribution is -2.10. The molecule has 13 heavy (non-hydrogen) atoms. The predicted octanol–water partition coefficient (Wildman–Crippen LogP) is 2.06. The molecule has 1 atom stereocenters. The zero-order valence-electron chi connectivity index (χ0n) is 6.79. The van der Waals surface area contributed by atoms with Gasteiger partial charge in [0, 0.05) is 0 Å². The Balaban J connectivity index is 3.12. The second kappa shape index (κ2) is 3.70. The van der Waals surface area contributed by atoms with Gasteiger partial charge in [-0.1, -0.05) is 11.6 Å². The third-order valence-corrected chi connectivity index (χ3v) is 1.94. The van der Waals surface area contributed by atoms with Crippen LogP contribution in [0.15, 0.2) is 12.1 Å². The van der Waals surface area contributed by atoms with Crippen molar-refractivity contribution in [2.45, 2.75) is 12.8 Å². The summed E-state index contributed by atoms with van der Waals surface area (Å²) in [7, 11) is 0. The lowest BCUT2D eigenvalue weighted by Gasteiger charge is -2.06. The van der Waals surface area contributed by atoms with Crippen molar-refractivity contribution in [3.05, 3.63) is 28.8 Å². The van der Waals surface area contributed by atoms with E-state index in [9.17, 15) is 9.18 Å². The summed E-state index contributed by atoms with van der Waals surface area (Å²) in [6.07, 6.45) is 0. The van der Waals surface area contributed by atoms with E-state index in [2.05, 4.69) is 4.98 Å². The topological polar surface area (TPSA) is 50.2 Å². The Morgan fingerprint density at radius 2 is 2.31 bits per heavy atom. The van der Waals surface area contributed by atoms with Crippen LogP contribution in [0, 0.1) is 5.95 Å². The van der Waals surface area contributed by atoms with Gasteiger partial charge >= 0.3 is 5.97 Å². The van der Waals surface area contributed by atoms with Crippen LogP contribution in [-0.4, -0.2) is 16.1 Å². The molecule has 0 radical (unpaired) electrons. The first-order chi connectivity index (χ1) is 6.02. The summed E-state index contributed by atoms with van der Waals surface area (Å²) in [5.74, 6) is -2.71. The molecule has 0 amide bonds. The molecule has 0 aliphatic carbocycles. The Morgan fingerprint density at radius 1 is 1.69 bits per heavy atom. The van der Waals surface area contributed by atoms with Crippen molar-refractivity contribution >= 4 is 17.6 Å². The highest BCUT2D eigenvalue weighted by molar-refractivity contribution is 6.31. The lowest BCUT2D eigenvalue weighted by atomic mass is 10.1. The second-order valence-electron chi connectivity index (χ2n) is 2.56. The van der Waals surface area contributed by atoms with Gasteiger partial charge in [0.25, 0.3) is 0 Å². The third kappa shape index (κ3) is 2.15. The number of rotatable bonds is 2. The fraction of sp³-hybridized carbons (Fsp3) is 0.250. The number of hydrogen-bond acceptors (Lipinski definition) is 2. The van der Waals surface area contributed by atoms with Crippen LogP contribution in [0.3, 0.4) is 0 Å². The zero-order valence-corrected chi connectivity index (χ0v) is 7.55. The summed E-state index contributed by atoms with van der Waals surface area (Å²) in [6, 6.07) is 2.37. The minimum atomic E-state index is -1.08. The first-order valence-electron chi connectivity index (χ1n) is 3.57. The van der Waals surface area contributed by atoms with Gasteiger partial charge in [-0.2, -0.15) is 4.39 Å². The van der Waals surface area contributed by atoms with Gasteiger partial charge in [0.15, 0.2) is 0 Å². The van der Waals surface area contributed by atoms with E-state index in [4.69, 9.17) is 16.7 Å². The number of nitrogens with zero attached hydrogens (tertiary/aromatic N) is 1. The fourth-order valence-electron chi connectivity index (χ4n) is 0.854. The van der Waals surface area contributed by atoms with Gasteiger partial charge < -0.3 is 5.11 Å². The number of hydrogen-bond donors (Lipinski definition) is 1. The van der Waals surface area contributed by atoms with E-state index in [0.29, 0.717) is 0 Å². The summed E-state index contributed by atoms with van der Waals surface area (Å²) < 4.78 is 12.6. The fourth-order valence-corrected chi connectivity index (χ4v) is 1.12. The van der Waals surface area contributed by atoms with Crippen molar-refractivity contribution in [3.8, 4) is 0 Å². The first-order valence-corrected chi connectivity index (χ1v) is 3.95. The molecule has 1 unspecified atom stereocenters. The van der Waals surface area contributed by atoms with Crippen molar-refractivity contribution in [3.63, 3.8) is 0 Å². The highest BCUT2D eigenvalue weighted by Gasteiger charge is 2.18. The molecular weight excluding hydrogens is 197 g/mol. The van der Waals surface area contributed by atoms with E-state index in [1.807, 2.05) is 0 Å². The Kier molecular flexibility index (Phi) is 2.83. The number of halogens is 2. The average Bonchev–Trinajstić information content (AvgIpc) is 2.08. The van der Waals surface area contributed by atoms with Crippen molar-refractivity contribution < 1.29 is 14.3 Å². The average molecular weight is 204 g/mol. The maximum absolute atomic E-state index is 12.6. The highest BCUT2D eigenvalue weighted by Crippen LogP contribution is 2.22. The summed E-state index contributed by atoms with van der Waals surface area (Å²) in [4.78, 5) is 14.0. The van der Waals surface area contributed by atoms with E-state index >= 15 is 0 Å². The quantitative estimate of drug-likeness (QED) is 0.749. The Morgan fingerprint density at radius 3 is 2.85 bits per heavy atom. The smallest absolute Gasteiger partial charge is 0.312 e. The van der Waals surface area contributed by atoms with Crippen LogP contribution >= 0.6 is 11.6 Å². The Labute approximate surface area is 79.2 Å². The van der Waals surface area contributed by atoms with Gasteiger partial charge in [-0.3, -0.25) is 4.79 Å². The highest BCUT2D eigenvalue weighted by atomic mass is 35.5. The molecule has 0 spiro atoms. The van der Waals surface area contributed by atoms with Crippen LogP contribution in [0.5, 0.6) is 0 Å². The molecule has 1 aromatic rings. The van der Waals surface area contributed by atoms with Crippen LogP contribution in [0.25, 0.3) is 0 Å². The molecule has 1 rings (SSSR count). The molecule has 1 heterocycles. The maximum atomic E-state index is 12.6. The molecule has 0 bridgehead atoms. The van der Waals surface area contributed by atoms with Gasteiger partial charge in [-0.25, -0.2) is 4.98 Å². The van der Waals surface area contributed by atoms with E-state index in [-0.39, 0.29) is 10.7 Å². The standard InChI is InChI=1S/C8H7ClFNO2/c1-4(8(12)13)7-5(9)2-3-6(10)11-7/h2-4H,1H3,(H,12,13). The lowest BCUT2D eigenvalue weighted by molar-refractivity contribution is -0.138. The van der Waals surface area contributed by atoms with Crippen LogP contribution < -0.4 is 0 Å². The second-order valence-corrected chi connectivity index (χ2v) is 2.97. The number of carboxylic acid groups (broad SMARTS) is 1. The number of carboxylic acids is 1. The molecule has 0 aliphatic heterocycles. The molecule has 1 aromatic heterocycles. The predicted molar refractivity (Wildman–Crippen MR) is 45.3 cm³/mol. The molecule has 0 aliphatic rings. The zero-order chi connectivity index (χ0) is 10.0. The van der Waals surface area contributed by atoms with Gasteiger partial charge in [-0.05, 0) is 19.1 Å². The molecular formula is C8H7ClFNO2. The number of pyridine rings is 1. The largest absolute Gasteiger partial charge is 0.481 e. The monoisotopic (exact) mass is 203 g/mol. The van der Waals surface area contributed by atoms with Crippen molar-refractivity contribution in [1.29, 1.82) is 0 Å². The molecule has 3 nitrogen and oxygen atoms in total. The van der Waals surface area contributed by atoms with E-state index in [1.54, 1.807) is 0 Å². The molecule has 0 fully saturated rings. The van der Waals surface area contributed by atoms with Crippen molar-refractivity contribution in [2.75, 3.05) is 0 Å². The normalized spacial score (nSPS) is 12.5. The minimum Gasteiger partial charge on any atom is -0.481 e. The Bertz CT molecular complexity index is 343. The van der Waals surface area contributed by atoms with Gasteiger partial charge in [0.2, 0.25) is 5.95 Å². The third-order valence-electron chi connectivity index (χ3n) is 1.62. The molecule has 0 aromatic carbocycles. The van der Waals surface area contributed by atoms with Crippen molar-refractivity contribution in [1.82, 2.24) is 4.98 Å².